The normalized spacial score (nSPS) is 23.6. The van der Waals surface area contributed by atoms with Crippen molar-refractivity contribution in [3.05, 3.63) is 0 Å². The average molecular weight is 271 g/mol. The minimum atomic E-state index is 0.204. The van der Waals surface area contributed by atoms with Crippen LogP contribution in [0.25, 0.3) is 0 Å². The van der Waals surface area contributed by atoms with E-state index in [0.717, 1.165) is 39.1 Å². The van der Waals surface area contributed by atoms with Crippen molar-refractivity contribution in [1.29, 1.82) is 0 Å². The first-order valence-electron chi connectivity index (χ1n) is 7.12. The van der Waals surface area contributed by atoms with E-state index in [-0.39, 0.29) is 5.91 Å². The summed E-state index contributed by atoms with van der Waals surface area (Å²) in [6, 6.07) is 0. The molecular formula is C13H25N3OS. The maximum absolute atomic E-state index is 11.9. The first kappa shape index (κ1) is 14.2. The van der Waals surface area contributed by atoms with Gasteiger partial charge >= 0.3 is 0 Å². The summed E-state index contributed by atoms with van der Waals surface area (Å²) in [5.74, 6) is 3.44. The minimum absolute atomic E-state index is 0.204. The zero-order valence-corrected chi connectivity index (χ0v) is 11.9. The minimum Gasteiger partial charge on any atom is -0.355 e. The van der Waals surface area contributed by atoms with Gasteiger partial charge in [0.05, 0.1) is 6.54 Å². The highest BCUT2D eigenvalue weighted by molar-refractivity contribution is 7.99. The van der Waals surface area contributed by atoms with E-state index < -0.39 is 0 Å². The third kappa shape index (κ3) is 5.16. The highest BCUT2D eigenvalue weighted by atomic mass is 32.2. The van der Waals surface area contributed by atoms with E-state index in [0.29, 0.717) is 12.5 Å². The number of thioether (sulfide) groups is 1. The molecule has 0 saturated carbocycles. The molecule has 5 heteroatoms. The Morgan fingerprint density at radius 3 is 2.94 bits per heavy atom. The van der Waals surface area contributed by atoms with Crippen LogP contribution < -0.4 is 10.6 Å². The molecule has 104 valence electrons. The largest absolute Gasteiger partial charge is 0.355 e. The van der Waals surface area contributed by atoms with Crippen molar-refractivity contribution in [2.24, 2.45) is 5.92 Å². The summed E-state index contributed by atoms with van der Waals surface area (Å²) in [5.41, 5.74) is 0. The molecule has 0 aromatic rings. The van der Waals surface area contributed by atoms with Crippen LogP contribution in [0.3, 0.4) is 0 Å². The summed E-state index contributed by atoms with van der Waals surface area (Å²) in [6.45, 7) is 5.58. The Kier molecular flexibility index (Phi) is 6.31. The molecule has 1 amide bonds. The van der Waals surface area contributed by atoms with Gasteiger partial charge in [0.2, 0.25) is 5.91 Å². The molecule has 2 aliphatic heterocycles. The molecule has 2 saturated heterocycles. The number of hydrogen-bond donors (Lipinski definition) is 2. The molecule has 0 aliphatic carbocycles. The molecule has 2 fully saturated rings. The number of hydrogen-bond acceptors (Lipinski definition) is 4. The van der Waals surface area contributed by atoms with Gasteiger partial charge in [-0.15, -0.1) is 0 Å². The molecule has 0 aromatic carbocycles. The van der Waals surface area contributed by atoms with E-state index >= 15 is 0 Å². The van der Waals surface area contributed by atoms with Gasteiger partial charge in [-0.3, -0.25) is 9.69 Å². The Morgan fingerprint density at radius 2 is 2.11 bits per heavy atom. The van der Waals surface area contributed by atoms with E-state index in [9.17, 15) is 4.79 Å². The lowest BCUT2D eigenvalue weighted by atomic mass is 10.0. The van der Waals surface area contributed by atoms with E-state index in [2.05, 4.69) is 15.5 Å². The number of nitrogens with zero attached hydrogens (tertiary/aromatic N) is 1. The Labute approximate surface area is 114 Å². The van der Waals surface area contributed by atoms with Gasteiger partial charge < -0.3 is 10.6 Å². The van der Waals surface area contributed by atoms with Crippen molar-refractivity contribution >= 4 is 17.7 Å². The second-order valence-corrected chi connectivity index (χ2v) is 6.46. The van der Waals surface area contributed by atoms with Crippen molar-refractivity contribution < 1.29 is 4.79 Å². The van der Waals surface area contributed by atoms with E-state index in [1.54, 1.807) is 0 Å². The molecule has 0 atom stereocenters. The van der Waals surface area contributed by atoms with Crippen molar-refractivity contribution in [2.45, 2.75) is 19.3 Å². The third-order valence-electron chi connectivity index (χ3n) is 3.73. The lowest BCUT2D eigenvalue weighted by Crippen LogP contribution is -2.40. The number of amides is 1. The smallest absolute Gasteiger partial charge is 0.234 e. The maximum atomic E-state index is 11.9. The van der Waals surface area contributed by atoms with Crippen LogP contribution >= 0.6 is 11.8 Å². The molecule has 0 aromatic heterocycles. The van der Waals surface area contributed by atoms with Gasteiger partial charge in [-0.1, -0.05) is 0 Å². The highest BCUT2D eigenvalue weighted by Crippen LogP contribution is 2.21. The van der Waals surface area contributed by atoms with Crippen LogP contribution in [-0.2, 0) is 4.79 Å². The molecule has 18 heavy (non-hydrogen) atoms. The fourth-order valence-electron chi connectivity index (χ4n) is 2.53. The summed E-state index contributed by atoms with van der Waals surface area (Å²) >= 11 is 2.04. The van der Waals surface area contributed by atoms with E-state index in [4.69, 9.17) is 0 Å². The fraction of sp³-hybridized carbons (Fsp3) is 0.923. The Bertz CT molecular complexity index is 249. The topological polar surface area (TPSA) is 44.4 Å². The van der Waals surface area contributed by atoms with Gasteiger partial charge in [-0.2, -0.15) is 11.8 Å². The van der Waals surface area contributed by atoms with Crippen LogP contribution in [0.2, 0.25) is 0 Å². The van der Waals surface area contributed by atoms with Crippen molar-refractivity contribution in [3.8, 4) is 0 Å². The molecule has 0 bridgehead atoms. The first-order chi connectivity index (χ1) is 8.84. The lowest BCUT2D eigenvalue weighted by Gasteiger charge is -2.23. The molecule has 0 spiro atoms. The fourth-order valence-corrected chi connectivity index (χ4v) is 3.73. The summed E-state index contributed by atoms with van der Waals surface area (Å²) in [5, 5.41) is 6.47. The second kappa shape index (κ2) is 8.02. The van der Waals surface area contributed by atoms with E-state index in [1.807, 2.05) is 11.8 Å². The molecule has 2 N–H and O–H groups in total. The number of carbonyl (C=O) groups excluding carboxylic acids is 1. The quantitative estimate of drug-likeness (QED) is 0.783. The van der Waals surface area contributed by atoms with Gasteiger partial charge in [-0.05, 0) is 49.8 Å². The first-order valence-corrected chi connectivity index (χ1v) is 8.27. The summed E-state index contributed by atoms with van der Waals surface area (Å²) in [4.78, 5) is 14.1. The molecule has 0 radical (unpaired) electrons. The monoisotopic (exact) mass is 271 g/mol. The van der Waals surface area contributed by atoms with Crippen LogP contribution in [0.4, 0.5) is 0 Å². The lowest BCUT2D eigenvalue weighted by molar-refractivity contribution is -0.122. The second-order valence-electron chi connectivity index (χ2n) is 5.24. The Morgan fingerprint density at radius 1 is 1.28 bits per heavy atom. The third-order valence-corrected chi connectivity index (χ3v) is 4.78. The van der Waals surface area contributed by atoms with Gasteiger partial charge in [-0.25, -0.2) is 0 Å². The Balaban J connectivity index is 1.61. The molecule has 2 rings (SSSR count). The predicted octanol–water partition coefficient (Wildman–Crippen LogP) is 0.541. The number of rotatable bonds is 4. The van der Waals surface area contributed by atoms with Crippen LogP contribution in [0.5, 0.6) is 0 Å². The zero-order valence-electron chi connectivity index (χ0n) is 11.1. The van der Waals surface area contributed by atoms with Gasteiger partial charge in [0.15, 0.2) is 0 Å². The molecule has 2 aliphatic rings. The van der Waals surface area contributed by atoms with Crippen LogP contribution in [-0.4, -0.2) is 61.6 Å². The van der Waals surface area contributed by atoms with Gasteiger partial charge in [0, 0.05) is 19.6 Å². The predicted molar refractivity (Wildman–Crippen MR) is 77.0 cm³/mol. The number of carbonyl (C=O) groups is 1. The van der Waals surface area contributed by atoms with Gasteiger partial charge in [0.25, 0.3) is 0 Å². The summed E-state index contributed by atoms with van der Waals surface area (Å²) < 4.78 is 0. The SMILES string of the molecule is O=C(CN1CCCNCC1)NCC1CCSCC1. The van der Waals surface area contributed by atoms with Crippen LogP contribution in [0.15, 0.2) is 0 Å². The van der Waals surface area contributed by atoms with Crippen LogP contribution in [0.1, 0.15) is 19.3 Å². The molecular weight excluding hydrogens is 246 g/mol. The summed E-state index contributed by atoms with van der Waals surface area (Å²) in [6.07, 6.45) is 3.67. The van der Waals surface area contributed by atoms with Crippen molar-refractivity contribution in [3.63, 3.8) is 0 Å². The van der Waals surface area contributed by atoms with Gasteiger partial charge in [0.1, 0.15) is 0 Å². The molecule has 4 nitrogen and oxygen atoms in total. The number of nitrogens with one attached hydrogen (secondary N) is 2. The van der Waals surface area contributed by atoms with Crippen LogP contribution in [0, 0.1) is 5.92 Å². The maximum Gasteiger partial charge on any atom is 0.234 e. The summed E-state index contributed by atoms with van der Waals surface area (Å²) in [7, 11) is 0. The van der Waals surface area contributed by atoms with Crippen molar-refractivity contribution in [1.82, 2.24) is 15.5 Å². The van der Waals surface area contributed by atoms with Crippen molar-refractivity contribution in [2.75, 3.05) is 50.8 Å². The highest BCUT2D eigenvalue weighted by Gasteiger charge is 2.16. The average Bonchev–Trinajstić information content (AvgIpc) is 2.66. The zero-order chi connectivity index (χ0) is 12.6. The van der Waals surface area contributed by atoms with E-state index in [1.165, 1.54) is 24.3 Å². The standard InChI is InChI=1S/C13H25N3OS/c17-13(11-16-6-1-4-14-5-7-16)15-10-12-2-8-18-9-3-12/h12,14H,1-11H2,(H,15,17). The molecule has 2 heterocycles. The molecule has 0 unspecified atom stereocenters. The Hall–Kier alpha value is -0.260.